The van der Waals surface area contributed by atoms with Crippen molar-refractivity contribution in [2.45, 2.75) is 5.37 Å². The van der Waals surface area contributed by atoms with Crippen molar-refractivity contribution in [3.63, 3.8) is 0 Å². The third kappa shape index (κ3) is 5.01. The smallest absolute Gasteiger partial charge is 0.313 e. The highest BCUT2D eigenvalue weighted by Crippen LogP contribution is 2.36. The summed E-state index contributed by atoms with van der Waals surface area (Å²) >= 11 is 1.10. The van der Waals surface area contributed by atoms with Crippen molar-refractivity contribution in [2.75, 3.05) is 18.2 Å². The number of nitrogens with one attached hydrogen (secondary N) is 1. The summed E-state index contributed by atoms with van der Waals surface area (Å²) in [5, 5.41) is 32.1. The van der Waals surface area contributed by atoms with E-state index < -0.39 is 16.3 Å². The van der Waals surface area contributed by atoms with Gasteiger partial charge in [-0.3, -0.25) is 14.9 Å². The number of carboxylic acid groups (broad SMARTS) is 1. The van der Waals surface area contributed by atoms with Crippen LogP contribution >= 0.6 is 11.8 Å². The van der Waals surface area contributed by atoms with Crippen molar-refractivity contribution < 1.29 is 24.7 Å². The largest absolute Gasteiger partial charge is 0.504 e. The third-order valence-electron chi connectivity index (χ3n) is 3.23. The molecule has 1 unspecified atom stereocenters. The molecule has 0 spiro atoms. The van der Waals surface area contributed by atoms with E-state index in [1.165, 1.54) is 31.4 Å². The Labute approximate surface area is 147 Å². The van der Waals surface area contributed by atoms with E-state index in [1.807, 2.05) is 0 Å². The molecule has 0 aliphatic heterocycles. The van der Waals surface area contributed by atoms with Gasteiger partial charge in [-0.25, -0.2) is 0 Å². The van der Waals surface area contributed by atoms with Crippen LogP contribution < -0.4 is 10.1 Å². The first-order chi connectivity index (χ1) is 11.9. The van der Waals surface area contributed by atoms with Crippen molar-refractivity contribution in [3.05, 3.63) is 58.1 Å². The molecule has 2 rings (SSSR count). The van der Waals surface area contributed by atoms with Crippen molar-refractivity contribution in [1.82, 2.24) is 0 Å². The fourth-order valence-corrected chi connectivity index (χ4v) is 2.96. The lowest BCUT2D eigenvalue weighted by Crippen LogP contribution is -2.11. The molecule has 0 aliphatic carbocycles. The Balaban J connectivity index is 2.31. The Bertz CT molecular complexity index is 783. The van der Waals surface area contributed by atoms with Crippen LogP contribution in [-0.4, -0.2) is 34.0 Å². The van der Waals surface area contributed by atoms with Crippen LogP contribution in [0.25, 0.3) is 0 Å². The molecule has 9 heteroatoms. The first kappa shape index (κ1) is 18.4. The number of non-ortho nitro benzene ring substituents is 1. The number of carbonyl (C=O) groups is 1. The molecular formula is C16H16N2O6S. The van der Waals surface area contributed by atoms with Crippen molar-refractivity contribution >= 4 is 29.1 Å². The van der Waals surface area contributed by atoms with Crippen LogP contribution in [0.3, 0.4) is 0 Å². The second-order valence-corrected chi connectivity index (χ2v) is 6.06. The van der Waals surface area contributed by atoms with Crippen LogP contribution in [0.4, 0.5) is 11.4 Å². The van der Waals surface area contributed by atoms with Gasteiger partial charge >= 0.3 is 5.97 Å². The van der Waals surface area contributed by atoms with Crippen molar-refractivity contribution in [1.29, 1.82) is 0 Å². The molecule has 0 aromatic heterocycles. The van der Waals surface area contributed by atoms with E-state index in [-0.39, 0.29) is 22.9 Å². The number of phenols is 1. The molecule has 1 atom stereocenters. The van der Waals surface area contributed by atoms with Crippen LogP contribution in [0.15, 0.2) is 42.5 Å². The fourth-order valence-electron chi connectivity index (χ4n) is 2.09. The summed E-state index contributed by atoms with van der Waals surface area (Å²) < 4.78 is 5.07. The second-order valence-electron chi connectivity index (χ2n) is 4.97. The van der Waals surface area contributed by atoms with Crippen LogP contribution in [0.1, 0.15) is 10.9 Å². The average Bonchev–Trinajstić information content (AvgIpc) is 2.59. The average molecular weight is 364 g/mol. The monoisotopic (exact) mass is 364 g/mol. The lowest BCUT2D eigenvalue weighted by Gasteiger charge is -2.20. The molecule has 0 bridgehead atoms. The summed E-state index contributed by atoms with van der Waals surface area (Å²) in [6.07, 6.45) is 0. The third-order valence-corrected chi connectivity index (χ3v) is 4.37. The van der Waals surface area contributed by atoms with Crippen molar-refractivity contribution in [2.24, 2.45) is 0 Å². The summed E-state index contributed by atoms with van der Waals surface area (Å²) in [6, 6.07) is 10.6. The lowest BCUT2D eigenvalue weighted by atomic mass is 10.2. The minimum atomic E-state index is -0.985. The minimum Gasteiger partial charge on any atom is -0.504 e. The molecule has 0 heterocycles. The van der Waals surface area contributed by atoms with Gasteiger partial charge in [-0.1, -0.05) is 12.1 Å². The van der Waals surface area contributed by atoms with E-state index >= 15 is 0 Å². The van der Waals surface area contributed by atoms with Gasteiger partial charge in [-0.15, -0.1) is 11.8 Å². The number of nitrogens with zero attached hydrogens (tertiary/aromatic N) is 1. The zero-order valence-corrected chi connectivity index (χ0v) is 14.0. The molecular weight excluding hydrogens is 348 g/mol. The number of anilines is 1. The van der Waals surface area contributed by atoms with Gasteiger partial charge in [0, 0.05) is 17.8 Å². The van der Waals surface area contributed by atoms with Gasteiger partial charge in [0.15, 0.2) is 11.5 Å². The highest BCUT2D eigenvalue weighted by Gasteiger charge is 2.17. The Morgan fingerprint density at radius 3 is 2.76 bits per heavy atom. The van der Waals surface area contributed by atoms with Gasteiger partial charge in [-0.2, -0.15) is 0 Å². The molecule has 132 valence electrons. The predicted molar refractivity (Wildman–Crippen MR) is 94.2 cm³/mol. The molecule has 2 aromatic carbocycles. The number of methoxy groups -OCH3 is 1. The number of benzene rings is 2. The number of thioether (sulfide) groups is 1. The second kappa shape index (κ2) is 8.25. The fraction of sp³-hybridized carbons (Fsp3) is 0.188. The molecule has 0 saturated carbocycles. The van der Waals surface area contributed by atoms with Crippen LogP contribution in [0.2, 0.25) is 0 Å². The van der Waals surface area contributed by atoms with E-state index in [0.29, 0.717) is 11.3 Å². The first-order valence-electron chi connectivity index (χ1n) is 7.12. The molecule has 25 heavy (non-hydrogen) atoms. The number of hydrogen-bond donors (Lipinski definition) is 3. The maximum absolute atomic E-state index is 10.9. The number of rotatable bonds is 8. The van der Waals surface area contributed by atoms with Gasteiger partial charge in [0.05, 0.1) is 23.2 Å². The quantitative estimate of drug-likeness (QED) is 0.371. The van der Waals surface area contributed by atoms with Gasteiger partial charge in [0.1, 0.15) is 0 Å². The standard InChI is InChI=1S/C16H16N2O6S/c1-24-14-7-10(5-6-13(14)19)16(25-9-15(20)21)17-11-3-2-4-12(8-11)18(22)23/h2-8,16-17,19H,9H2,1H3,(H,20,21). The highest BCUT2D eigenvalue weighted by atomic mass is 32.2. The summed E-state index contributed by atoms with van der Waals surface area (Å²) in [7, 11) is 1.41. The normalized spacial score (nSPS) is 11.6. The van der Waals surface area contributed by atoms with Gasteiger partial charge < -0.3 is 20.3 Å². The van der Waals surface area contributed by atoms with Crippen LogP contribution in [0, 0.1) is 10.1 Å². The molecule has 2 aromatic rings. The topological polar surface area (TPSA) is 122 Å². The Morgan fingerprint density at radius 1 is 1.36 bits per heavy atom. The molecule has 0 aliphatic rings. The number of hydrogen-bond acceptors (Lipinski definition) is 7. The Hall–Kier alpha value is -2.94. The molecule has 0 saturated heterocycles. The summed E-state index contributed by atoms with van der Waals surface area (Å²) in [5.74, 6) is -0.945. The van der Waals surface area contributed by atoms with E-state index in [4.69, 9.17) is 9.84 Å². The molecule has 0 radical (unpaired) electrons. The van der Waals surface area contributed by atoms with Gasteiger partial charge in [0.2, 0.25) is 0 Å². The van der Waals surface area contributed by atoms with Crippen molar-refractivity contribution in [3.8, 4) is 11.5 Å². The zero-order chi connectivity index (χ0) is 18.4. The maximum atomic E-state index is 10.9. The summed E-state index contributed by atoms with van der Waals surface area (Å²) in [4.78, 5) is 21.3. The van der Waals surface area contributed by atoms with Crippen LogP contribution in [-0.2, 0) is 4.79 Å². The molecule has 0 amide bonds. The van der Waals surface area contributed by atoms with E-state index in [1.54, 1.807) is 18.2 Å². The van der Waals surface area contributed by atoms with Gasteiger partial charge in [0.25, 0.3) is 5.69 Å². The Morgan fingerprint density at radius 2 is 2.12 bits per heavy atom. The zero-order valence-electron chi connectivity index (χ0n) is 13.2. The first-order valence-corrected chi connectivity index (χ1v) is 8.17. The lowest BCUT2D eigenvalue weighted by molar-refractivity contribution is -0.384. The maximum Gasteiger partial charge on any atom is 0.313 e. The number of nitro groups is 1. The number of phenolic OH excluding ortho intramolecular Hbond substituents is 1. The van der Waals surface area contributed by atoms with E-state index in [9.17, 15) is 20.0 Å². The molecule has 3 N–H and O–H groups in total. The van der Waals surface area contributed by atoms with Crippen LogP contribution in [0.5, 0.6) is 11.5 Å². The van der Waals surface area contributed by atoms with Gasteiger partial charge in [-0.05, 0) is 23.8 Å². The molecule has 0 fully saturated rings. The summed E-state index contributed by atoms with van der Waals surface area (Å²) in [6.45, 7) is 0. The van der Waals surface area contributed by atoms with E-state index in [2.05, 4.69) is 5.32 Å². The number of nitro benzene ring substituents is 1. The molecule has 8 nitrogen and oxygen atoms in total. The SMILES string of the molecule is COc1cc(C(Nc2cccc([N+](=O)[O-])c2)SCC(=O)O)ccc1O. The number of aromatic hydroxyl groups is 1. The Kier molecular flexibility index (Phi) is 6.07. The number of carboxylic acids is 1. The predicted octanol–water partition coefficient (Wildman–Crippen LogP) is 3.24. The number of ether oxygens (including phenoxy) is 1. The minimum absolute atomic E-state index is 0.0383. The highest BCUT2D eigenvalue weighted by molar-refractivity contribution is 8.00. The van der Waals surface area contributed by atoms with E-state index in [0.717, 1.165) is 11.8 Å². The number of aliphatic carboxylic acids is 1. The summed E-state index contributed by atoms with van der Waals surface area (Å²) in [5.41, 5.74) is 1.06.